The number of rotatable bonds is 4. The highest BCUT2D eigenvalue weighted by Gasteiger charge is 2.00. The van der Waals surface area contributed by atoms with Crippen LogP contribution in [0.2, 0.25) is 0 Å². The molecule has 0 spiro atoms. The molecule has 0 atom stereocenters. The third-order valence-electron chi connectivity index (χ3n) is 2.23. The third kappa shape index (κ3) is 3.39. The SMILES string of the molecule is CCO/C(CC)=N/c1ccccc1CC. The normalized spacial score (nSPS) is 11.5. The average Bonchev–Trinajstić information content (AvgIpc) is 2.29. The summed E-state index contributed by atoms with van der Waals surface area (Å²) < 4.78 is 5.44. The molecule has 0 aliphatic carbocycles. The van der Waals surface area contributed by atoms with E-state index in [9.17, 15) is 0 Å². The van der Waals surface area contributed by atoms with Gasteiger partial charge in [-0.05, 0) is 25.0 Å². The van der Waals surface area contributed by atoms with Crippen molar-refractivity contribution >= 4 is 11.6 Å². The van der Waals surface area contributed by atoms with Crippen molar-refractivity contribution in [2.75, 3.05) is 6.61 Å². The molecule has 82 valence electrons. The van der Waals surface area contributed by atoms with Crippen molar-refractivity contribution in [3.63, 3.8) is 0 Å². The summed E-state index contributed by atoms with van der Waals surface area (Å²) in [7, 11) is 0. The summed E-state index contributed by atoms with van der Waals surface area (Å²) in [5.74, 6) is 0.818. The second-order valence-corrected chi connectivity index (χ2v) is 3.27. The molecule has 1 rings (SSSR count). The van der Waals surface area contributed by atoms with Gasteiger partial charge in [0.1, 0.15) is 0 Å². The molecule has 0 bridgehead atoms. The average molecular weight is 205 g/mol. The Bertz CT molecular complexity index is 331. The van der Waals surface area contributed by atoms with E-state index in [1.165, 1.54) is 5.56 Å². The summed E-state index contributed by atoms with van der Waals surface area (Å²) in [4.78, 5) is 4.53. The van der Waals surface area contributed by atoms with Crippen molar-refractivity contribution in [2.45, 2.75) is 33.6 Å². The Morgan fingerprint density at radius 2 is 1.93 bits per heavy atom. The van der Waals surface area contributed by atoms with Gasteiger partial charge < -0.3 is 4.74 Å². The van der Waals surface area contributed by atoms with Crippen LogP contribution in [0.3, 0.4) is 0 Å². The Morgan fingerprint density at radius 3 is 2.53 bits per heavy atom. The predicted octanol–water partition coefficient (Wildman–Crippen LogP) is 3.73. The van der Waals surface area contributed by atoms with Gasteiger partial charge in [0.2, 0.25) is 0 Å². The van der Waals surface area contributed by atoms with Crippen molar-refractivity contribution in [3.8, 4) is 0 Å². The summed E-state index contributed by atoms with van der Waals surface area (Å²) in [6, 6.07) is 8.20. The number of benzene rings is 1. The van der Waals surface area contributed by atoms with Crippen LogP contribution in [0.4, 0.5) is 5.69 Å². The van der Waals surface area contributed by atoms with E-state index >= 15 is 0 Å². The molecule has 0 N–H and O–H groups in total. The number of nitrogens with zero attached hydrogens (tertiary/aromatic N) is 1. The smallest absolute Gasteiger partial charge is 0.188 e. The number of ether oxygens (including phenoxy) is 1. The Labute approximate surface area is 92.0 Å². The molecule has 0 amide bonds. The van der Waals surface area contributed by atoms with E-state index in [1.807, 2.05) is 25.1 Å². The number of aryl methyl sites for hydroxylation is 1. The zero-order valence-electron chi connectivity index (χ0n) is 9.79. The van der Waals surface area contributed by atoms with Gasteiger partial charge in [-0.25, -0.2) is 4.99 Å². The first-order valence-electron chi connectivity index (χ1n) is 5.60. The molecule has 0 aliphatic rings. The van der Waals surface area contributed by atoms with Gasteiger partial charge in [-0.3, -0.25) is 0 Å². The van der Waals surface area contributed by atoms with E-state index in [2.05, 4.69) is 24.9 Å². The summed E-state index contributed by atoms with van der Waals surface area (Å²) >= 11 is 0. The monoisotopic (exact) mass is 205 g/mol. The highest BCUT2D eigenvalue weighted by atomic mass is 16.5. The Hall–Kier alpha value is -1.31. The van der Waals surface area contributed by atoms with Crippen LogP contribution in [0.25, 0.3) is 0 Å². The maximum atomic E-state index is 5.44. The maximum absolute atomic E-state index is 5.44. The lowest BCUT2D eigenvalue weighted by atomic mass is 10.1. The van der Waals surface area contributed by atoms with Gasteiger partial charge in [0.05, 0.1) is 12.3 Å². The first-order chi connectivity index (χ1) is 7.31. The van der Waals surface area contributed by atoms with E-state index in [-0.39, 0.29) is 0 Å². The van der Waals surface area contributed by atoms with Crippen LogP contribution in [0, 0.1) is 0 Å². The fraction of sp³-hybridized carbons (Fsp3) is 0.462. The molecule has 0 radical (unpaired) electrons. The van der Waals surface area contributed by atoms with Crippen LogP contribution >= 0.6 is 0 Å². The zero-order chi connectivity index (χ0) is 11.1. The third-order valence-corrected chi connectivity index (χ3v) is 2.23. The fourth-order valence-corrected chi connectivity index (χ4v) is 1.43. The lowest BCUT2D eigenvalue weighted by molar-refractivity contribution is 0.319. The second kappa shape index (κ2) is 6.23. The molecule has 1 aromatic rings. The molecule has 0 unspecified atom stereocenters. The molecule has 2 heteroatoms. The lowest BCUT2D eigenvalue weighted by Crippen LogP contribution is -2.02. The van der Waals surface area contributed by atoms with Crippen LogP contribution in [0.15, 0.2) is 29.3 Å². The van der Waals surface area contributed by atoms with Crippen molar-refractivity contribution in [2.24, 2.45) is 4.99 Å². The Balaban J connectivity index is 2.94. The van der Waals surface area contributed by atoms with E-state index in [0.717, 1.165) is 24.4 Å². The molecule has 1 aromatic carbocycles. The molecule has 0 aromatic heterocycles. The lowest BCUT2D eigenvalue weighted by Gasteiger charge is -2.07. The molecule has 0 fully saturated rings. The largest absolute Gasteiger partial charge is 0.481 e. The van der Waals surface area contributed by atoms with Crippen LogP contribution in [0.5, 0.6) is 0 Å². The van der Waals surface area contributed by atoms with Gasteiger partial charge in [0.15, 0.2) is 5.90 Å². The number of hydrogen-bond donors (Lipinski definition) is 0. The summed E-state index contributed by atoms with van der Waals surface area (Å²) in [6.45, 7) is 6.86. The first-order valence-corrected chi connectivity index (χ1v) is 5.60. The molecular formula is C13H19NO. The molecular weight excluding hydrogens is 186 g/mol. The van der Waals surface area contributed by atoms with E-state index in [4.69, 9.17) is 4.74 Å². The predicted molar refractivity (Wildman–Crippen MR) is 64.8 cm³/mol. The van der Waals surface area contributed by atoms with Crippen LogP contribution in [0.1, 0.15) is 32.8 Å². The van der Waals surface area contributed by atoms with Gasteiger partial charge in [-0.15, -0.1) is 0 Å². The van der Waals surface area contributed by atoms with Gasteiger partial charge >= 0.3 is 0 Å². The Morgan fingerprint density at radius 1 is 1.20 bits per heavy atom. The van der Waals surface area contributed by atoms with Crippen LogP contribution in [-0.4, -0.2) is 12.5 Å². The Kier molecular flexibility index (Phi) is 4.88. The first kappa shape index (κ1) is 11.8. The molecule has 0 saturated carbocycles. The van der Waals surface area contributed by atoms with E-state index in [1.54, 1.807) is 0 Å². The van der Waals surface area contributed by atoms with Crippen molar-refractivity contribution in [1.29, 1.82) is 0 Å². The highest BCUT2D eigenvalue weighted by Crippen LogP contribution is 2.19. The van der Waals surface area contributed by atoms with Crippen LogP contribution < -0.4 is 0 Å². The van der Waals surface area contributed by atoms with Gasteiger partial charge in [-0.1, -0.05) is 32.0 Å². The molecule has 0 saturated heterocycles. The summed E-state index contributed by atoms with van der Waals surface area (Å²) in [5.41, 5.74) is 2.30. The quantitative estimate of drug-likeness (QED) is 0.542. The minimum Gasteiger partial charge on any atom is -0.481 e. The number of hydrogen-bond acceptors (Lipinski definition) is 2. The number of aliphatic imine (C=N–C) groups is 1. The van der Waals surface area contributed by atoms with Crippen molar-refractivity contribution in [1.82, 2.24) is 0 Å². The van der Waals surface area contributed by atoms with Gasteiger partial charge in [-0.2, -0.15) is 0 Å². The van der Waals surface area contributed by atoms with E-state index in [0.29, 0.717) is 6.61 Å². The maximum Gasteiger partial charge on any atom is 0.188 e. The van der Waals surface area contributed by atoms with E-state index < -0.39 is 0 Å². The highest BCUT2D eigenvalue weighted by molar-refractivity contribution is 5.79. The zero-order valence-corrected chi connectivity index (χ0v) is 9.79. The van der Waals surface area contributed by atoms with Crippen molar-refractivity contribution in [3.05, 3.63) is 29.8 Å². The minimum atomic E-state index is 0.682. The number of para-hydroxylation sites is 1. The van der Waals surface area contributed by atoms with Gasteiger partial charge in [0, 0.05) is 6.42 Å². The summed E-state index contributed by atoms with van der Waals surface area (Å²) in [5, 5.41) is 0. The molecule has 0 aliphatic heterocycles. The van der Waals surface area contributed by atoms with Crippen LogP contribution in [-0.2, 0) is 11.2 Å². The van der Waals surface area contributed by atoms with Gasteiger partial charge in [0.25, 0.3) is 0 Å². The minimum absolute atomic E-state index is 0.682. The van der Waals surface area contributed by atoms with Crippen molar-refractivity contribution < 1.29 is 4.74 Å². The topological polar surface area (TPSA) is 21.6 Å². The molecule has 15 heavy (non-hydrogen) atoms. The second-order valence-electron chi connectivity index (χ2n) is 3.27. The molecule has 2 nitrogen and oxygen atoms in total. The standard InChI is InChI=1S/C13H19NO/c1-4-11-9-7-8-10-12(11)14-13(5-2)15-6-3/h7-10H,4-6H2,1-3H3/b14-13+. The fourth-order valence-electron chi connectivity index (χ4n) is 1.43. The summed E-state index contributed by atoms with van der Waals surface area (Å²) in [6.07, 6.45) is 1.84. The molecule has 0 heterocycles.